The Balaban J connectivity index is 1.64. The highest BCUT2D eigenvalue weighted by Crippen LogP contribution is 2.52. The van der Waals surface area contributed by atoms with Crippen molar-refractivity contribution in [3.63, 3.8) is 0 Å². The summed E-state index contributed by atoms with van der Waals surface area (Å²) in [7, 11) is 0. The molecule has 4 aliphatic carbocycles. The number of phenols is 4. The highest BCUT2D eigenvalue weighted by molar-refractivity contribution is 5.63. The standard InChI is InChI=1S/C42H52O6/c1-25(2)35-12-11-26(3)9-7-13-42(24-43)32-15-28(5)16-39(46)37-23-38(45)30(21-40(37)47)14-27(4)8-6-10-29(17-32)18-33(42)19-31-20-34(44)22-36(35)41(31)48/h8-9,16-17,20-24,32-33,35,39,44-48H,1,6-7,10-15,18-19H2,2-5H3/b26-9+,27-8-,28-16-/t32-,33?,35?,39+,42-/m1/s1. The van der Waals surface area contributed by atoms with Gasteiger partial charge in [0.2, 0.25) is 0 Å². The lowest BCUT2D eigenvalue weighted by molar-refractivity contribution is -0.123. The van der Waals surface area contributed by atoms with Gasteiger partial charge in [0.1, 0.15) is 35.4 Å². The molecule has 6 rings (SSSR count). The number of aliphatic hydroxyl groups excluding tert-OH is 1. The SMILES string of the molecule is C=C(C)C1CC/C(C)=C/CC[C@]2(C=O)C(CC3=C[C@H]2C/C(C)=C\[C@H](O)c2cc(O)c(cc2O)C/C(C)=C\CC3)Cc2cc(O)cc1c2O. The number of hydrogen-bond acceptors (Lipinski definition) is 6. The van der Waals surface area contributed by atoms with Gasteiger partial charge in [0.25, 0.3) is 0 Å². The summed E-state index contributed by atoms with van der Waals surface area (Å²) in [6.45, 7) is 12.3. The van der Waals surface area contributed by atoms with Crippen LogP contribution >= 0.6 is 0 Å². The average Bonchev–Trinajstić information content (AvgIpc) is 3.01. The van der Waals surface area contributed by atoms with Crippen LogP contribution in [0, 0.1) is 17.3 Å². The van der Waals surface area contributed by atoms with Crippen LogP contribution in [0.1, 0.15) is 113 Å². The van der Waals surface area contributed by atoms with E-state index in [4.69, 9.17) is 0 Å². The van der Waals surface area contributed by atoms with Gasteiger partial charge in [-0.3, -0.25) is 0 Å². The minimum Gasteiger partial charge on any atom is -0.508 e. The summed E-state index contributed by atoms with van der Waals surface area (Å²) in [5.41, 5.74) is 6.74. The quantitative estimate of drug-likeness (QED) is 0.125. The van der Waals surface area contributed by atoms with Gasteiger partial charge in [-0.2, -0.15) is 0 Å². The van der Waals surface area contributed by atoms with E-state index in [0.29, 0.717) is 48.8 Å². The number of hydrogen-bond donors (Lipinski definition) is 5. The zero-order valence-corrected chi connectivity index (χ0v) is 28.9. The second kappa shape index (κ2) is 14.6. The maximum Gasteiger partial charge on any atom is 0.127 e. The molecule has 0 heterocycles. The fourth-order valence-electron chi connectivity index (χ4n) is 8.41. The number of fused-ring (bicyclic) bond motifs is 10. The molecule has 0 amide bonds. The van der Waals surface area contributed by atoms with E-state index < -0.39 is 11.5 Å². The molecule has 0 spiro atoms. The van der Waals surface area contributed by atoms with E-state index in [1.54, 1.807) is 18.2 Å². The maximum atomic E-state index is 13.6. The normalized spacial score (nSPS) is 30.4. The van der Waals surface area contributed by atoms with E-state index >= 15 is 0 Å². The van der Waals surface area contributed by atoms with E-state index in [1.807, 2.05) is 20.8 Å². The molecule has 0 aromatic heterocycles. The number of carbonyl (C=O) groups excluding carboxylic acids is 1. The Kier molecular flexibility index (Phi) is 10.7. The first-order chi connectivity index (χ1) is 22.8. The number of carbonyl (C=O) groups is 1. The molecule has 0 aliphatic heterocycles. The smallest absolute Gasteiger partial charge is 0.127 e. The summed E-state index contributed by atoms with van der Waals surface area (Å²) < 4.78 is 0. The Bertz CT molecular complexity index is 1690. The van der Waals surface area contributed by atoms with Crippen LogP contribution in [-0.4, -0.2) is 31.8 Å². The molecule has 6 bridgehead atoms. The van der Waals surface area contributed by atoms with Crippen molar-refractivity contribution in [2.45, 2.75) is 104 Å². The number of allylic oxidation sites excluding steroid dienone is 8. The molecule has 0 radical (unpaired) electrons. The van der Waals surface area contributed by atoms with Gasteiger partial charge in [-0.15, -0.1) is 0 Å². The summed E-state index contributed by atoms with van der Waals surface area (Å²) in [4.78, 5) is 13.6. The minimum atomic E-state index is -1.14. The van der Waals surface area contributed by atoms with E-state index in [0.717, 1.165) is 55.1 Å². The van der Waals surface area contributed by atoms with E-state index in [1.165, 1.54) is 23.3 Å². The number of benzene rings is 2. The number of aromatic hydroxyl groups is 4. The Hall–Kier alpha value is -4.03. The second-order valence-corrected chi connectivity index (χ2v) is 14.8. The van der Waals surface area contributed by atoms with Gasteiger partial charge in [0.15, 0.2) is 0 Å². The molecule has 2 aromatic carbocycles. The predicted molar refractivity (Wildman–Crippen MR) is 191 cm³/mol. The van der Waals surface area contributed by atoms with Crippen LogP contribution in [0.15, 0.2) is 83.0 Å². The lowest BCUT2D eigenvalue weighted by Crippen LogP contribution is -2.43. The number of phenolic OH excluding ortho intramolecular Hbond substituents is 4. The summed E-state index contributed by atoms with van der Waals surface area (Å²) >= 11 is 0. The van der Waals surface area contributed by atoms with Crippen molar-refractivity contribution in [1.29, 1.82) is 0 Å². The summed E-state index contributed by atoms with van der Waals surface area (Å²) in [5, 5.41) is 55.4. The molecular weight excluding hydrogens is 600 g/mol. The Morgan fingerprint density at radius 3 is 2.31 bits per heavy atom. The van der Waals surface area contributed by atoms with Crippen molar-refractivity contribution < 1.29 is 30.3 Å². The minimum absolute atomic E-state index is 0.0374. The lowest BCUT2D eigenvalue weighted by atomic mass is 9.56. The first-order valence-corrected chi connectivity index (χ1v) is 17.4. The van der Waals surface area contributed by atoms with Crippen LogP contribution < -0.4 is 0 Å². The third-order valence-electron chi connectivity index (χ3n) is 11.1. The fraction of sp³-hybridized carbons (Fsp3) is 0.452. The molecule has 0 saturated heterocycles. The molecule has 4 aliphatic rings. The maximum absolute atomic E-state index is 13.6. The number of aldehydes is 1. The predicted octanol–water partition coefficient (Wildman–Crippen LogP) is 9.33. The van der Waals surface area contributed by atoms with Gasteiger partial charge >= 0.3 is 0 Å². The lowest BCUT2D eigenvalue weighted by Gasteiger charge is -2.46. The zero-order valence-electron chi connectivity index (χ0n) is 28.9. The van der Waals surface area contributed by atoms with Crippen molar-refractivity contribution in [3.8, 4) is 23.0 Å². The first-order valence-electron chi connectivity index (χ1n) is 17.4. The van der Waals surface area contributed by atoms with Crippen LogP contribution in [-0.2, 0) is 17.6 Å². The zero-order chi connectivity index (χ0) is 34.7. The highest BCUT2D eigenvalue weighted by atomic mass is 16.3. The molecule has 6 heteroatoms. The average molecular weight is 653 g/mol. The van der Waals surface area contributed by atoms with Gasteiger partial charge in [-0.25, -0.2) is 0 Å². The molecule has 0 saturated carbocycles. The van der Waals surface area contributed by atoms with Gasteiger partial charge in [0, 0.05) is 28.0 Å². The van der Waals surface area contributed by atoms with Crippen LogP contribution in [0.25, 0.3) is 0 Å². The number of rotatable bonds is 2. The Morgan fingerprint density at radius 2 is 1.58 bits per heavy atom. The Morgan fingerprint density at radius 1 is 0.833 bits per heavy atom. The molecule has 5 N–H and O–H groups in total. The number of aliphatic hydroxyl groups is 1. The van der Waals surface area contributed by atoms with Crippen molar-refractivity contribution in [1.82, 2.24) is 0 Å². The van der Waals surface area contributed by atoms with Crippen molar-refractivity contribution in [3.05, 3.63) is 105 Å². The third-order valence-corrected chi connectivity index (χ3v) is 11.1. The molecule has 0 fully saturated rings. The first kappa shape index (κ1) is 35.3. The molecule has 2 aromatic rings. The van der Waals surface area contributed by atoms with Crippen molar-refractivity contribution in [2.75, 3.05) is 0 Å². The van der Waals surface area contributed by atoms with Crippen LogP contribution in [0.3, 0.4) is 0 Å². The van der Waals surface area contributed by atoms with Gasteiger partial charge in [0.05, 0.1) is 0 Å². The van der Waals surface area contributed by atoms with E-state index in [9.17, 15) is 30.3 Å². The van der Waals surface area contributed by atoms with Crippen LogP contribution in [0.5, 0.6) is 23.0 Å². The molecule has 5 atom stereocenters. The van der Waals surface area contributed by atoms with Crippen molar-refractivity contribution >= 4 is 6.29 Å². The van der Waals surface area contributed by atoms with Gasteiger partial charge < -0.3 is 30.3 Å². The van der Waals surface area contributed by atoms with Crippen LogP contribution in [0.4, 0.5) is 0 Å². The van der Waals surface area contributed by atoms with E-state index in [-0.39, 0.29) is 46.3 Å². The molecular formula is C42H52O6. The third kappa shape index (κ3) is 7.49. The van der Waals surface area contributed by atoms with Gasteiger partial charge in [-0.1, -0.05) is 58.7 Å². The fourth-order valence-corrected chi connectivity index (χ4v) is 8.41. The second-order valence-electron chi connectivity index (χ2n) is 14.8. The summed E-state index contributed by atoms with van der Waals surface area (Å²) in [6.07, 6.45) is 15.1. The molecule has 2 unspecified atom stereocenters. The molecule has 48 heavy (non-hydrogen) atoms. The Labute approximate surface area is 285 Å². The highest BCUT2D eigenvalue weighted by Gasteiger charge is 2.47. The summed E-state index contributed by atoms with van der Waals surface area (Å²) in [6, 6.07) is 6.29. The van der Waals surface area contributed by atoms with Gasteiger partial charge in [-0.05, 0) is 134 Å². The monoisotopic (exact) mass is 652 g/mol. The van der Waals surface area contributed by atoms with Crippen LogP contribution in [0.2, 0.25) is 0 Å². The summed E-state index contributed by atoms with van der Waals surface area (Å²) in [5.74, 6) is -0.166. The van der Waals surface area contributed by atoms with Crippen molar-refractivity contribution in [2.24, 2.45) is 17.3 Å². The largest absolute Gasteiger partial charge is 0.508 e. The topological polar surface area (TPSA) is 118 Å². The van der Waals surface area contributed by atoms with E-state index in [2.05, 4.69) is 31.7 Å². The molecule has 256 valence electrons. The molecule has 6 nitrogen and oxygen atoms in total.